The summed E-state index contributed by atoms with van der Waals surface area (Å²) in [6, 6.07) is 13.1. The van der Waals surface area contributed by atoms with E-state index in [1.165, 1.54) is 4.90 Å². The first kappa shape index (κ1) is 26.7. The van der Waals surface area contributed by atoms with Crippen molar-refractivity contribution in [2.24, 2.45) is 0 Å². The lowest BCUT2D eigenvalue weighted by Crippen LogP contribution is -2.51. The van der Waals surface area contributed by atoms with Crippen LogP contribution in [-0.4, -0.2) is 50.5 Å². The van der Waals surface area contributed by atoms with Gasteiger partial charge in [-0.3, -0.25) is 13.9 Å². The van der Waals surface area contributed by atoms with E-state index >= 15 is 0 Å². The summed E-state index contributed by atoms with van der Waals surface area (Å²) in [4.78, 5) is 27.5. The van der Waals surface area contributed by atoms with Gasteiger partial charge in [0, 0.05) is 18.1 Å². The van der Waals surface area contributed by atoms with Gasteiger partial charge in [-0.15, -0.1) is 0 Å². The summed E-state index contributed by atoms with van der Waals surface area (Å²) < 4.78 is 26.1. The number of rotatable bonds is 11. The van der Waals surface area contributed by atoms with E-state index in [1.807, 2.05) is 13.8 Å². The van der Waals surface area contributed by atoms with Crippen LogP contribution in [0.1, 0.15) is 37.8 Å². The third kappa shape index (κ3) is 8.05. The highest BCUT2D eigenvalue weighted by molar-refractivity contribution is 7.92. The lowest BCUT2D eigenvalue weighted by molar-refractivity contribution is -0.139. The highest BCUT2D eigenvalue weighted by atomic mass is 35.5. The zero-order valence-corrected chi connectivity index (χ0v) is 21.1. The largest absolute Gasteiger partial charge is 0.354 e. The maximum absolute atomic E-state index is 13.4. The Kier molecular flexibility index (Phi) is 9.73. The topological polar surface area (TPSA) is 86.8 Å². The van der Waals surface area contributed by atoms with Crippen LogP contribution in [0.2, 0.25) is 5.02 Å². The molecule has 2 aromatic rings. The molecule has 2 rings (SSSR count). The fraction of sp³-hybridized carbons (Fsp3) is 0.417. The number of aryl methyl sites for hydroxylation is 1. The molecule has 2 aromatic carbocycles. The van der Waals surface area contributed by atoms with Gasteiger partial charge in [-0.2, -0.15) is 0 Å². The number of anilines is 1. The van der Waals surface area contributed by atoms with E-state index in [4.69, 9.17) is 11.6 Å². The van der Waals surface area contributed by atoms with Crippen molar-refractivity contribution in [3.8, 4) is 0 Å². The minimum Gasteiger partial charge on any atom is -0.354 e. The number of carbonyl (C=O) groups is 2. The quantitative estimate of drug-likeness (QED) is 0.483. The number of nitrogens with zero attached hydrogens (tertiary/aromatic N) is 2. The minimum atomic E-state index is -3.73. The number of hydrogen-bond acceptors (Lipinski definition) is 4. The van der Waals surface area contributed by atoms with Gasteiger partial charge in [0.2, 0.25) is 21.8 Å². The molecule has 1 atom stereocenters. The van der Waals surface area contributed by atoms with Crippen LogP contribution in [0, 0.1) is 6.92 Å². The third-order valence-corrected chi connectivity index (χ3v) is 6.66. The van der Waals surface area contributed by atoms with Crippen LogP contribution in [-0.2, 0) is 26.2 Å². The molecular formula is C24H32ClN3O4S. The molecule has 33 heavy (non-hydrogen) atoms. The molecule has 0 saturated carbocycles. The summed E-state index contributed by atoms with van der Waals surface area (Å²) in [6.07, 6.45) is 2.82. The van der Waals surface area contributed by atoms with E-state index in [2.05, 4.69) is 5.32 Å². The Balaban J connectivity index is 2.32. The molecule has 180 valence electrons. The van der Waals surface area contributed by atoms with Crippen molar-refractivity contribution in [2.75, 3.05) is 23.7 Å². The van der Waals surface area contributed by atoms with E-state index in [-0.39, 0.29) is 12.5 Å². The zero-order chi connectivity index (χ0) is 24.6. The third-order valence-electron chi connectivity index (χ3n) is 5.26. The summed E-state index contributed by atoms with van der Waals surface area (Å²) in [5.41, 5.74) is 2.14. The van der Waals surface area contributed by atoms with E-state index in [1.54, 1.807) is 55.5 Å². The van der Waals surface area contributed by atoms with Crippen LogP contribution in [0.25, 0.3) is 0 Å². The van der Waals surface area contributed by atoms with Crippen LogP contribution in [0.3, 0.4) is 0 Å². The summed E-state index contributed by atoms with van der Waals surface area (Å²) in [5.74, 6) is -0.763. The lowest BCUT2D eigenvalue weighted by atomic mass is 10.1. The van der Waals surface area contributed by atoms with Gasteiger partial charge in [-0.25, -0.2) is 8.42 Å². The standard InChI is InChI=1S/C24H32ClN3O4S/c1-5-6-15-26-24(30)19(3)27(16-20-9-11-21(25)12-10-20)23(29)17-28(33(4,31)32)22-13-7-18(2)8-14-22/h7-14,19H,5-6,15-17H2,1-4H3,(H,26,30)/t19-/m1/s1. The summed E-state index contributed by atoms with van der Waals surface area (Å²) in [6.45, 7) is 5.81. The number of carbonyl (C=O) groups excluding carboxylic acids is 2. The van der Waals surface area contributed by atoms with Gasteiger partial charge in [0.05, 0.1) is 11.9 Å². The van der Waals surface area contributed by atoms with Crippen molar-refractivity contribution >= 4 is 39.1 Å². The Labute approximate surface area is 201 Å². The van der Waals surface area contributed by atoms with Crippen LogP contribution in [0.4, 0.5) is 5.69 Å². The van der Waals surface area contributed by atoms with Gasteiger partial charge < -0.3 is 10.2 Å². The number of amides is 2. The molecule has 0 aliphatic rings. The number of benzene rings is 2. The Morgan fingerprint density at radius 2 is 1.67 bits per heavy atom. The summed E-state index contributed by atoms with van der Waals surface area (Å²) in [7, 11) is -3.73. The average Bonchev–Trinajstić information content (AvgIpc) is 2.76. The van der Waals surface area contributed by atoms with Gasteiger partial charge >= 0.3 is 0 Å². The van der Waals surface area contributed by atoms with Crippen molar-refractivity contribution in [2.45, 2.75) is 46.2 Å². The van der Waals surface area contributed by atoms with Crippen molar-refractivity contribution in [1.82, 2.24) is 10.2 Å². The van der Waals surface area contributed by atoms with E-state index in [0.717, 1.165) is 34.5 Å². The first-order valence-corrected chi connectivity index (χ1v) is 13.1. The van der Waals surface area contributed by atoms with Crippen LogP contribution in [0.15, 0.2) is 48.5 Å². The van der Waals surface area contributed by atoms with Crippen LogP contribution >= 0.6 is 11.6 Å². The number of hydrogen-bond donors (Lipinski definition) is 1. The molecule has 0 aromatic heterocycles. The second-order valence-electron chi connectivity index (χ2n) is 8.07. The lowest BCUT2D eigenvalue weighted by Gasteiger charge is -2.31. The first-order valence-electron chi connectivity index (χ1n) is 10.9. The Morgan fingerprint density at radius 1 is 1.06 bits per heavy atom. The molecule has 0 radical (unpaired) electrons. The number of sulfonamides is 1. The molecule has 0 aliphatic heterocycles. The Morgan fingerprint density at radius 3 is 2.21 bits per heavy atom. The first-order chi connectivity index (χ1) is 15.5. The molecule has 0 aliphatic carbocycles. The summed E-state index contributed by atoms with van der Waals surface area (Å²) in [5, 5.41) is 3.41. The maximum Gasteiger partial charge on any atom is 0.244 e. The number of halogens is 1. The molecule has 7 nitrogen and oxygen atoms in total. The number of unbranched alkanes of at least 4 members (excludes halogenated alkanes) is 1. The fourth-order valence-corrected chi connectivity index (χ4v) is 4.21. The average molecular weight is 494 g/mol. The molecule has 0 spiro atoms. The number of nitrogens with one attached hydrogen (secondary N) is 1. The van der Waals surface area contributed by atoms with Gasteiger partial charge in [-0.05, 0) is 50.1 Å². The van der Waals surface area contributed by atoms with Gasteiger partial charge in [-0.1, -0.05) is 54.8 Å². The predicted molar refractivity (Wildman–Crippen MR) is 133 cm³/mol. The second-order valence-corrected chi connectivity index (χ2v) is 10.4. The second kappa shape index (κ2) is 12.0. The van der Waals surface area contributed by atoms with Crippen molar-refractivity contribution < 1.29 is 18.0 Å². The van der Waals surface area contributed by atoms with E-state index in [9.17, 15) is 18.0 Å². The molecule has 9 heteroatoms. The molecule has 2 amide bonds. The van der Waals surface area contributed by atoms with Crippen molar-refractivity contribution in [3.05, 3.63) is 64.7 Å². The highest BCUT2D eigenvalue weighted by Crippen LogP contribution is 2.20. The SMILES string of the molecule is CCCCNC(=O)[C@@H](C)N(Cc1ccc(Cl)cc1)C(=O)CN(c1ccc(C)cc1)S(C)(=O)=O. The fourth-order valence-electron chi connectivity index (χ4n) is 3.23. The monoisotopic (exact) mass is 493 g/mol. The van der Waals surface area contributed by atoms with Gasteiger partial charge in [0.25, 0.3) is 0 Å². The van der Waals surface area contributed by atoms with Gasteiger partial charge in [0.15, 0.2) is 0 Å². The van der Waals surface area contributed by atoms with Crippen LogP contribution in [0.5, 0.6) is 0 Å². The molecular weight excluding hydrogens is 462 g/mol. The molecule has 0 fully saturated rings. The zero-order valence-electron chi connectivity index (χ0n) is 19.5. The predicted octanol–water partition coefficient (Wildman–Crippen LogP) is 3.75. The smallest absolute Gasteiger partial charge is 0.244 e. The maximum atomic E-state index is 13.4. The Hall–Kier alpha value is -2.58. The Bertz CT molecular complexity index is 1040. The van der Waals surface area contributed by atoms with Crippen molar-refractivity contribution in [1.29, 1.82) is 0 Å². The molecule has 1 N–H and O–H groups in total. The van der Waals surface area contributed by atoms with E-state index in [0.29, 0.717) is 17.3 Å². The summed E-state index contributed by atoms with van der Waals surface area (Å²) >= 11 is 5.97. The molecule has 0 heterocycles. The molecule has 0 unspecified atom stereocenters. The van der Waals surface area contributed by atoms with Crippen LogP contribution < -0.4 is 9.62 Å². The minimum absolute atomic E-state index is 0.143. The van der Waals surface area contributed by atoms with Crippen molar-refractivity contribution in [3.63, 3.8) is 0 Å². The van der Waals surface area contributed by atoms with Gasteiger partial charge in [0.1, 0.15) is 12.6 Å². The highest BCUT2D eigenvalue weighted by Gasteiger charge is 2.29. The normalized spacial score (nSPS) is 12.2. The van der Waals surface area contributed by atoms with E-state index < -0.39 is 28.5 Å². The molecule has 0 bridgehead atoms. The molecule has 0 saturated heterocycles.